The fraction of sp³-hybridized carbons (Fsp3) is 0.258. The van der Waals surface area contributed by atoms with E-state index in [1.807, 2.05) is 48.5 Å². The molecule has 0 saturated carbocycles. The summed E-state index contributed by atoms with van der Waals surface area (Å²) < 4.78 is 0. The minimum absolute atomic E-state index is 0.0202. The number of hydrogen-bond acceptors (Lipinski definition) is 8. The zero-order valence-corrected chi connectivity index (χ0v) is 22.9. The molecule has 4 aromatic rings. The van der Waals surface area contributed by atoms with Crippen molar-refractivity contribution in [1.29, 1.82) is 0 Å². The Labute approximate surface area is 241 Å². The monoisotopic (exact) mass is 566 g/mol. The maximum atomic E-state index is 13.6. The molecule has 1 saturated heterocycles. The Bertz CT molecular complexity index is 1710. The number of benzene rings is 3. The molecule has 2 N–H and O–H groups in total. The van der Waals surface area contributed by atoms with Crippen molar-refractivity contribution in [3.05, 3.63) is 98.7 Å². The first-order valence-electron chi connectivity index (χ1n) is 13.9. The number of rotatable bonds is 9. The summed E-state index contributed by atoms with van der Waals surface area (Å²) in [6.45, 7) is 5.18. The Kier molecular flexibility index (Phi) is 7.62. The van der Waals surface area contributed by atoms with E-state index in [2.05, 4.69) is 20.0 Å². The maximum absolute atomic E-state index is 13.6. The molecule has 0 radical (unpaired) electrons. The second kappa shape index (κ2) is 11.6. The minimum Gasteiger partial charge on any atom is -0.396 e. The molecule has 214 valence electrons. The number of imide groups is 1. The van der Waals surface area contributed by atoms with Gasteiger partial charge in [0.15, 0.2) is 0 Å². The van der Waals surface area contributed by atoms with Crippen LogP contribution in [-0.4, -0.2) is 81.2 Å². The Balaban J connectivity index is 1.34. The highest BCUT2D eigenvalue weighted by Crippen LogP contribution is 2.36. The normalized spacial score (nSPS) is 16.2. The highest BCUT2D eigenvalue weighted by atomic mass is 16.6. The van der Waals surface area contributed by atoms with E-state index < -0.39 is 16.7 Å². The molecule has 6 rings (SSSR count). The number of piperazine rings is 1. The zero-order valence-electron chi connectivity index (χ0n) is 22.9. The number of aliphatic hydroxyl groups is 1. The number of nitro benzene ring substituents is 1. The predicted octanol–water partition coefficient (Wildman–Crippen LogP) is 3.94. The van der Waals surface area contributed by atoms with Crippen LogP contribution in [0.25, 0.3) is 23.1 Å². The molecular formula is C31H30N6O5. The van der Waals surface area contributed by atoms with Gasteiger partial charge in [-0.2, -0.15) is 5.10 Å². The number of amides is 2. The maximum Gasteiger partial charge on any atom is 0.283 e. The van der Waals surface area contributed by atoms with E-state index >= 15 is 0 Å². The van der Waals surface area contributed by atoms with Gasteiger partial charge in [-0.15, -0.1) is 0 Å². The Morgan fingerprint density at radius 3 is 2.52 bits per heavy atom. The van der Waals surface area contributed by atoms with Gasteiger partial charge in [0.2, 0.25) is 0 Å². The lowest BCUT2D eigenvalue weighted by Crippen LogP contribution is -2.46. The molecule has 3 aromatic carbocycles. The van der Waals surface area contributed by atoms with Crippen molar-refractivity contribution < 1.29 is 19.6 Å². The van der Waals surface area contributed by atoms with Gasteiger partial charge >= 0.3 is 0 Å². The molecule has 11 heteroatoms. The van der Waals surface area contributed by atoms with Crippen LogP contribution < -0.4 is 4.90 Å². The lowest BCUT2D eigenvalue weighted by Gasteiger charge is -2.34. The van der Waals surface area contributed by atoms with Crippen molar-refractivity contribution in [1.82, 2.24) is 20.0 Å². The number of carbonyl (C=O) groups is 2. The van der Waals surface area contributed by atoms with Crippen LogP contribution in [0.2, 0.25) is 0 Å². The second-order valence-corrected chi connectivity index (χ2v) is 10.5. The van der Waals surface area contributed by atoms with E-state index in [1.165, 1.54) is 18.2 Å². The lowest BCUT2D eigenvalue weighted by atomic mass is 10.1. The molecule has 11 nitrogen and oxygen atoms in total. The number of nitrogens with zero attached hydrogens (tertiary/aromatic N) is 5. The van der Waals surface area contributed by atoms with Crippen LogP contribution in [0.4, 0.5) is 11.4 Å². The van der Waals surface area contributed by atoms with Crippen LogP contribution in [0.15, 0.2) is 60.7 Å². The summed E-state index contributed by atoms with van der Waals surface area (Å²) in [5, 5.41) is 29.2. The van der Waals surface area contributed by atoms with Gasteiger partial charge < -0.3 is 10.0 Å². The van der Waals surface area contributed by atoms with Crippen molar-refractivity contribution in [2.75, 3.05) is 44.2 Å². The lowest BCUT2D eigenvalue weighted by molar-refractivity contribution is -0.385. The van der Waals surface area contributed by atoms with E-state index in [0.29, 0.717) is 23.5 Å². The molecule has 0 aliphatic carbocycles. The Morgan fingerprint density at radius 1 is 0.952 bits per heavy atom. The standard InChI is InChI=1S/C31H30N6O5/c38-18-4-13-34-14-16-35(17-15-34)20-21-9-10-22(11-12-26-23-5-1-2-7-25(23)32-33-26)28(19-21)36-30(39)24-6-3-8-27(37(41)42)29(24)31(36)40/h1-3,5-12,19,38H,4,13-18,20H2,(H,32,33)/b12-11+. The molecule has 1 aromatic heterocycles. The van der Waals surface area contributed by atoms with E-state index in [-0.39, 0.29) is 23.4 Å². The fourth-order valence-electron chi connectivity index (χ4n) is 5.66. The van der Waals surface area contributed by atoms with Crippen molar-refractivity contribution in [2.45, 2.75) is 13.0 Å². The van der Waals surface area contributed by atoms with Crippen LogP contribution in [0.3, 0.4) is 0 Å². The number of anilines is 1. The third-order valence-corrected chi connectivity index (χ3v) is 7.85. The van der Waals surface area contributed by atoms with Crippen molar-refractivity contribution >= 4 is 46.2 Å². The molecule has 42 heavy (non-hydrogen) atoms. The van der Waals surface area contributed by atoms with Crippen LogP contribution in [0.5, 0.6) is 0 Å². The van der Waals surface area contributed by atoms with E-state index in [1.54, 1.807) is 6.08 Å². The van der Waals surface area contributed by atoms with Gasteiger partial charge in [0.25, 0.3) is 17.5 Å². The van der Waals surface area contributed by atoms with E-state index in [9.17, 15) is 19.7 Å². The molecule has 2 aliphatic heterocycles. The van der Waals surface area contributed by atoms with Gasteiger partial charge in [-0.3, -0.25) is 29.7 Å². The molecule has 0 unspecified atom stereocenters. The van der Waals surface area contributed by atoms with Crippen LogP contribution >= 0.6 is 0 Å². The Morgan fingerprint density at radius 2 is 1.74 bits per heavy atom. The number of aliphatic hydroxyl groups excluding tert-OH is 1. The first kappa shape index (κ1) is 27.5. The third-order valence-electron chi connectivity index (χ3n) is 7.85. The highest BCUT2D eigenvalue weighted by molar-refractivity contribution is 6.36. The zero-order chi connectivity index (χ0) is 29.2. The van der Waals surface area contributed by atoms with E-state index in [0.717, 1.165) is 60.5 Å². The number of H-pyrrole nitrogens is 1. The number of nitrogens with one attached hydrogen (secondary N) is 1. The molecule has 0 spiro atoms. The van der Waals surface area contributed by atoms with Gasteiger partial charge in [0.05, 0.1) is 27.4 Å². The summed E-state index contributed by atoms with van der Waals surface area (Å²) in [7, 11) is 0. The fourth-order valence-corrected chi connectivity index (χ4v) is 5.66. The molecular weight excluding hydrogens is 536 g/mol. The van der Waals surface area contributed by atoms with Crippen LogP contribution in [-0.2, 0) is 6.54 Å². The summed E-state index contributed by atoms with van der Waals surface area (Å²) in [6, 6.07) is 17.5. The summed E-state index contributed by atoms with van der Waals surface area (Å²) in [5.74, 6) is -1.30. The van der Waals surface area contributed by atoms with Gasteiger partial charge in [-0.25, -0.2) is 4.90 Å². The van der Waals surface area contributed by atoms with Gasteiger partial charge in [-0.1, -0.05) is 42.5 Å². The molecule has 1 fully saturated rings. The Hall–Kier alpha value is -4.71. The summed E-state index contributed by atoms with van der Waals surface area (Å²) in [5.41, 5.74) is 2.93. The van der Waals surface area contributed by atoms with Crippen LogP contribution in [0.1, 0.15) is 44.0 Å². The molecule has 3 heterocycles. The third kappa shape index (κ3) is 5.20. The highest BCUT2D eigenvalue weighted by Gasteiger charge is 2.42. The molecule has 0 bridgehead atoms. The number of para-hydroxylation sites is 1. The largest absolute Gasteiger partial charge is 0.396 e. The average Bonchev–Trinajstić information content (AvgIpc) is 3.53. The molecule has 2 aliphatic rings. The van der Waals surface area contributed by atoms with E-state index in [4.69, 9.17) is 5.11 Å². The summed E-state index contributed by atoms with van der Waals surface area (Å²) in [4.78, 5) is 44.0. The first-order chi connectivity index (χ1) is 20.4. The van der Waals surface area contributed by atoms with Crippen LogP contribution in [0, 0.1) is 10.1 Å². The number of aromatic amines is 1. The number of carbonyl (C=O) groups excluding carboxylic acids is 2. The molecule has 0 atom stereocenters. The van der Waals surface area contributed by atoms with Crippen molar-refractivity contribution in [2.24, 2.45) is 0 Å². The second-order valence-electron chi connectivity index (χ2n) is 10.5. The number of nitro groups is 1. The summed E-state index contributed by atoms with van der Waals surface area (Å²) in [6.07, 6.45) is 4.38. The van der Waals surface area contributed by atoms with Crippen molar-refractivity contribution in [3.63, 3.8) is 0 Å². The predicted molar refractivity (Wildman–Crippen MR) is 159 cm³/mol. The SMILES string of the molecule is O=C1c2cccc([N+](=O)[O-])c2C(=O)N1c1cc(CN2CCN(CCCO)CC2)ccc1/C=C/c1n[nH]c2ccccc12. The van der Waals surface area contributed by atoms with Gasteiger partial charge in [0, 0.05) is 57.3 Å². The average molecular weight is 567 g/mol. The number of aromatic nitrogens is 2. The number of hydrogen-bond donors (Lipinski definition) is 2. The summed E-state index contributed by atoms with van der Waals surface area (Å²) >= 11 is 0. The number of fused-ring (bicyclic) bond motifs is 2. The van der Waals surface area contributed by atoms with Gasteiger partial charge in [0.1, 0.15) is 5.56 Å². The van der Waals surface area contributed by atoms with Gasteiger partial charge in [-0.05, 0) is 41.8 Å². The quantitative estimate of drug-likeness (QED) is 0.177. The van der Waals surface area contributed by atoms with Crippen molar-refractivity contribution in [3.8, 4) is 0 Å². The first-order valence-corrected chi connectivity index (χ1v) is 13.9. The topological polar surface area (TPSA) is 136 Å². The molecule has 2 amide bonds. The minimum atomic E-state index is -0.711. The smallest absolute Gasteiger partial charge is 0.283 e.